The van der Waals surface area contributed by atoms with E-state index in [0.29, 0.717) is 6.54 Å². The van der Waals surface area contributed by atoms with Gasteiger partial charge in [0.25, 0.3) is 0 Å². The fourth-order valence-electron chi connectivity index (χ4n) is 1.05. The molecule has 0 aliphatic carbocycles. The molecule has 1 atom stereocenters. The summed E-state index contributed by atoms with van der Waals surface area (Å²) in [6.45, 7) is 0.443. The number of methoxy groups -OCH3 is 1. The first-order valence-corrected chi connectivity index (χ1v) is 4.77. The zero-order valence-corrected chi connectivity index (χ0v) is 9.04. The van der Waals surface area contributed by atoms with Crippen LogP contribution in [0.2, 0.25) is 0 Å². The number of benzene rings is 1. The lowest BCUT2D eigenvalue weighted by Gasteiger charge is -2.11. The van der Waals surface area contributed by atoms with Crippen LogP contribution in [0.15, 0.2) is 22.7 Å². The predicted molar refractivity (Wildman–Crippen MR) is 56.7 cm³/mol. The quantitative estimate of drug-likeness (QED) is 0.846. The fourth-order valence-corrected chi connectivity index (χ4v) is 1.61. The van der Waals surface area contributed by atoms with Crippen molar-refractivity contribution in [2.45, 2.75) is 6.04 Å². The number of rotatable bonds is 3. The highest BCUT2D eigenvalue weighted by Crippen LogP contribution is 2.27. The zero-order valence-electron chi connectivity index (χ0n) is 7.46. The topological polar surface area (TPSA) is 61.3 Å². The first-order chi connectivity index (χ1) is 6.19. The molecule has 4 heteroatoms. The van der Waals surface area contributed by atoms with Crippen molar-refractivity contribution in [1.29, 1.82) is 0 Å². The average molecular weight is 245 g/mol. The highest BCUT2D eigenvalue weighted by Gasteiger charge is 2.06. The maximum absolute atomic E-state index is 5.77. The minimum absolute atomic E-state index is 0.109. The highest BCUT2D eigenvalue weighted by atomic mass is 79.9. The van der Waals surface area contributed by atoms with Crippen LogP contribution in [0.25, 0.3) is 0 Å². The van der Waals surface area contributed by atoms with E-state index in [1.807, 2.05) is 18.2 Å². The van der Waals surface area contributed by atoms with Crippen molar-refractivity contribution >= 4 is 15.9 Å². The van der Waals surface area contributed by atoms with Gasteiger partial charge < -0.3 is 16.2 Å². The molecule has 72 valence electrons. The molecule has 0 aliphatic rings. The Morgan fingerprint density at radius 3 is 2.69 bits per heavy atom. The Balaban J connectivity index is 2.95. The smallest absolute Gasteiger partial charge is 0.133 e. The van der Waals surface area contributed by atoms with Gasteiger partial charge >= 0.3 is 0 Å². The molecule has 0 aromatic heterocycles. The summed E-state index contributed by atoms with van der Waals surface area (Å²) in [7, 11) is 1.63. The van der Waals surface area contributed by atoms with Crippen LogP contribution < -0.4 is 16.2 Å². The summed E-state index contributed by atoms with van der Waals surface area (Å²) in [5.74, 6) is 0.799. The first kappa shape index (κ1) is 10.5. The van der Waals surface area contributed by atoms with E-state index in [4.69, 9.17) is 16.2 Å². The predicted octanol–water partition coefficient (Wildman–Crippen LogP) is 1.42. The molecule has 0 radical (unpaired) electrons. The van der Waals surface area contributed by atoms with Crippen LogP contribution in [0.4, 0.5) is 0 Å². The Bertz CT molecular complexity index is 291. The molecule has 0 heterocycles. The Kier molecular flexibility index (Phi) is 3.71. The lowest BCUT2D eigenvalue weighted by molar-refractivity contribution is 0.412. The number of nitrogens with two attached hydrogens (primary N) is 2. The van der Waals surface area contributed by atoms with Crippen molar-refractivity contribution in [1.82, 2.24) is 0 Å². The van der Waals surface area contributed by atoms with Crippen molar-refractivity contribution in [2.75, 3.05) is 13.7 Å². The Morgan fingerprint density at radius 1 is 1.54 bits per heavy atom. The van der Waals surface area contributed by atoms with Gasteiger partial charge in [-0.05, 0) is 33.6 Å². The molecule has 0 saturated heterocycles. The van der Waals surface area contributed by atoms with E-state index in [-0.39, 0.29) is 6.04 Å². The van der Waals surface area contributed by atoms with Gasteiger partial charge in [-0.15, -0.1) is 0 Å². The van der Waals surface area contributed by atoms with Crippen molar-refractivity contribution in [3.8, 4) is 5.75 Å². The molecule has 0 aliphatic heterocycles. The molecular formula is C9H13BrN2O. The summed E-state index contributed by atoms with van der Waals surface area (Å²) in [4.78, 5) is 0. The second kappa shape index (κ2) is 4.60. The van der Waals surface area contributed by atoms with Gasteiger partial charge in [-0.1, -0.05) is 6.07 Å². The van der Waals surface area contributed by atoms with Crippen LogP contribution in [0.5, 0.6) is 5.75 Å². The van der Waals surface area contributed by atoms with E-state index < -0.39 is 0 Å². The van der Waals surface area contributed by atoms with Crippen LogP contribution in [0, 0.1) is 0 Å². The fraction of sp³-hybridized carbons (Fsp3) is 0.333. The molecule has 1 aromatic rings. The summed E-state index contributed by atoms with van der Waals surface area (Å²) < 4.78 is 5.99. The van der Waals surface area contributed by atoms with Crippen LogP contribution in [-0.4, -0.2) is 13.7 Å². The van der Waals surface area contributed by atoms with Gasteiger partial charge in [0, 0.05) is 12.6 Å². The standard InChI is InChI=1S/C9H13BrN2O/c1-13-9-3-2-6(4-7(9)10)8(12)5-11/h2-4,8H,5,11-12H2,1H3/t8-/m0/s1. The van der Waals surface area contributed by atoms with E-state index in [1.165, 1.54) is 0 Å². The molecule has 0 fully saturated rings. The van der Waals surface area contributed by atoms with E-state index in [9.17, 15) is 0 Å². The molecule has 4 N–H and O–H groups in total. The summed E-state index contributed by atoms with van der Waals surface area (Å²) in [5, 5.41) is 0. The van der Waals surface area contributed by atoms with Crippen LogP contribution in [-0.2, 0) is 0 Å². The third kappa shape index (κ3) is 2.43. The maximum atomic E-state index is 5.77. The van der Waals surface area contributed by atoms with Gasteiger partial charge in [0.15, 0.2) is 0 Å². The third-order valence-corrected chi connectivity index (χ3v) is 2.48. The number of hydrogen-bond donors (Lipinski definition) is 2. The molecule has 0 saturated carbocycles. The summed E-state index contributed by atoms with van der Waals surface area (Å²) in [6, 6.07) is 5.61. The molecule has 13 heavy (non-hydrogen) atoms. The third-order valence-electron chi connectivity index (χ3n) is 1.86. The first-order valence-electron chi connectivity index (χ1n) is 3.98. The van der Waals surface area contributed by atoms with Crippen molar-refractivity contribution < 1.29 is 4.74 Å². The van der Waals surface area contributed by atoms with Crippen LogP contribution in [0.1, 0.15) is 11.6 Å². The lowest BCUT2D eigenvalue weighted by atomic mass is 10.1. The minimum atomic E-state index is -0.109. The molecule has 0 unspecified atom stereocenters. The van der Waals surface area contributed by atoms with Crippen molar-refractivity contribution in [3.63, 3.8) is 0 Å². The van der Waals surface area contributed by atoms with Gasteiger partial charge in [0.05, 0.1) is 11.6 Å². The highest BCUT2D eigenvalue weighted by molar-refractivity contribution is 9.10. The lowest BCUT2D eigenvalue weighted by Crippen LogP contribution is -2.20. The van der Waals surface area contributed by atoms with E-state index in [2.05, 4.69) is 15.9 Å². The Morgan fingerprint density at radius 2 is 2.23 bits per heavy atom. The zero-order chi connectivity index (χ0) is 9.84. The normalized spacial score (nSPS) is 12.6. The molecule has 0 amide bonds. The monoisotopic (exact) mass is 244 g/mol. The van der Waals surface area contributed by atoms with Crippen molar-refractivity contribution in [2.24, 2.45) is 11.5 Å². The summed E-state index contributed by atoms with van der Waals surface area (Å²) in [5.41, 5.74) is 12.2. The van der Waals surface area contributed by atoms with Gasteiger partial charge in [-0.3, -0.25) is 0 Å². The van der Waals surface area contributed by atoms with Gasteiger partial charge in [-0.2, -0.15) is 0 Å². The second-order valence-corrected chi connectivity index (χ2v) is 3.59. The SMILES string of the molecule is COc1ccc([C@@H](N)CN)cc1Br. The number of hydrogen-bond acceptors (Lipinski definition) is 3. The molecule has 1 aromatic carbocycles. The van der Waals surface area contributed by atoms with E-state index in [1.54, 1.807) is 7.11 Å². The van der Waals surface area contributed by atoms with Gasteiger partial charge in [0.1, 0.15) is 5.75 Å². The number of ether oxygens (including phenoxy) is 1. The minimum Gasteiger partial charge on any atom is -0.496 e. The van der Waals surface area contributed by atoms with E-state index in [0.717, 1.165) is 15.8 Å². The Labute approximate surface area is 86.2 Å². The van der Waals surface area contributed by atoms with E-state index >= 15 is 0 Å². The number of halogens is 1. The Hall–Kier alpha value is -0.580. The molecular weight excluding hydrogens is 232 g/mol. The van der Waals surface area contributed by atoms with Crippen LogP contribution in [0.3, 0.4) is 0 Å². The maximum Gasteiger partial charge on any atom is 0.133 e. The average Bonchev–Trinajstić information content (AvgIpc) is 2.16. The molecule has 3 nitrogen and oxygen atoms in total. The second-order valence-electron chi connectivity index (χ2n) is 2.74. The largest absolute Gasteiger partial charge is 0.496 e. The molecule has 0 spiro atoms. The summed E-state index contributed by atoms with van der Waals surface area (Å²) in [6.07, 6.45) is 0. The van der Waals surface area contributed by atoms with Crippen molar-refractivity contribution in [3.05, 3.63) is 28.2 Å². The summed E-state index contributed by atoms with van der Waals surface area (Å²) >= 11 is 3.38. The van der Waals surface area contributed by atoms with Gasteiger partial charge in [-0.25, -0.2) is 0 Å². The molecule has 0 bridgehead atoms. The molecule has 1 rings (SSSR count). The van der Waals surface area contributed by atoms with Gasteiger partial charge in [0.2, 0.25) is 0 Å². The van der Waals surface area contributed by atoms with Crippen LogP contribution >= 0.6 is 15.9 Å².